The van der Waals surface area contributed by atoms with E-state index in [-0.39, 0.29) is 23.6 Å². The fourth-order valence-corrected chi connectivity index (χ4v) is 1.09. The lowest BCUT2D eigenvalue weighted by molar-refractivity contribution is 0.295. The van der Waals surface area contributed by atoms with Crippen LogP contribution in [0.4, 0.5) is 8.78 Å². The molecule has 0 fully saturated rings. The Balaban J connectivity index is 3.14. The lowest BCUT2D eigenvalue weighted by atomic mass is 10.1. The average Bonchev–Trinajstić information content (AvgIpc) is 2.06. The van der Waals surface area contributed by atoms with Crippen LogP contribution in [0.25, 0.3) is 0 Å². The van der Waals surface area contributed by atoms with Gasteiger partial charge in [0.2, 0.25) is 0 Å². The molecule has 0 bridgehead atoms. The fourth-order valence-electron chi connectivity index (χ4n) is 0.910. The molecule has 0 saturated carbocycles. The second-order valence-electron chi connectivity index (χ2n) is 2.30. The molecule has 0 saturated heterocycles. The third kappa shape index (κ3) is 1.73. The third-order valence-corrected chi connectivity index (χ3v) is 1.79. The van der Waals surface area contributed by atoms with Crippen LogP contribution in [0.5, 0.6) is 0 Å². The minimum absolute atomic E-state index is 0.0573. The van der Waals surface area contributed by atoms with Crippen LogP contribution in [-0.4, -0.2) is 11.7 Å². The zero-order valence-corrected chi connectivity index (χ0v) is 6.91. The molecule has 1 aromatic rings. The van der Waals surface area contributed by atoms with Crippen LogP contribution in [0.3, 0.4) is 0 Å². The molecular weight excluding hydrogens is 186 g/mol. The topological polar surface area (TPSA) is 20.2 Å². The van der Waals surface area contributed by atoms with Crippen molar-refractivity contribution in [1.29, 1.82) is 0 Å². The predicted octanol–water partition coefficient (Wildman–Crippen LogP) is 2.15. The van der Waals surface area contributed by atoms with Gasteiger partial charge in [-0.05, 0) is 12.1 Å². The van der Waals surface area contributed by atoms with Gasteiger partial charge in [-0.25, -0.2) is 8.78 Å². The molecule has 0 atom stereocenters. The molecule has 0 aliphatic heterocycles. The Morgan fingerprint density at radius 2 is 2.00 bits per heavy atom. The zero-order valence-electron chi connectivity index (χ0n) is 6.15. The van der Waals surface area contributed by atoms with Crippen LogP contribution in [0.1, 0.15) is 5.56 Å². The molecule has 1 N–H and O–H groups in total. The molecule has 0 aromatic heterocycles. The standard InChI is InChI=1S/C8H7ClF2O/c9-6-1-2-7(10)5(3-4-12)8(6)11/h1-2,12H,3-4H2. The summed E-state index contributed by atoms with van der Waals surface area (Å²) in [6, 6.07) is 2.23. The van der Waals surface area contributed by atoms with Crippen molar-refractivity contribution in [2.24, 2.45) is 0 Å². The van der Waals surface area contributed by atoms with Gasteiger partial charge < -0.3 is 5.11 Å². The summed E-state index contributed by atoms with van der Waals surface area (Å²) in [7, 11) is 0. The van der Waals surface area contributed by atoms with Gasteiger partial charge in [-0.3, -0.25) is 0 Å². The van der Waals surface area contributed by atoms with Crippen molar-refractivity contribution in [3.05, 3.63) is 34.4 Å². The molecular formula is C8H7ClF2O. The van der Waals surface area contributed by atoms with Crippen LogP contribution >= 0.6 is 11.6 Å². The summed E-state index contributed by atoms with van der Waals surface area (Å²) in [6.45, 7) is -0.297. The Kier molecular flexibility index (Phi) is 3.00. The van der Waals surface area contributed by atoms with Crippen molar-refractivity contribution >= 4 is 11.6 Å². The molecule has 0 heterocycles. The molecule has 0 radical (unpaired) electrons. The van der Waals surface area contributed by atoms with Gasteiger partial charge in [-0.15, -0.1) is 0 Å². The minimum atomic E-state index is -0.786. The number of halogens is 3. The molecule has 1 rings (SSSR count). The third-order valence-electron chi connectivity index (χ3n) is 1.50. The summed E-state index contributed by atoms with van der Waals surface area (Å²) < 4.78 is 25.8. The number of aliphatic hydroxyl groups excluding tert-OH is 1. The average molecular weight is 193 g/mol. The van der Waals surface area contributed by atoms with Gasteiger partial charge in [0.1, 0.15) is 11.6 Å². The van der Waals surface area contributed by atoms with E-state index in [1.807, 2.05) is 0 Å². The van der Waals surface area contributed by atoms with E-state index in [0.717, 1.165) is 12.1 Å². The highest BCUT2D eigenvalue weighted by atomic mass is 35.5. The second-order valence-corrected chi connectivity index (χ2v) is 2.70. The summed E-state index contributed by atoms with van der Waals surface area (Å²) in [5.41, 5.74) is -0.162. The predicted molar refractivity (Wildman–Crippen MR) is 42.2 cm³/mol. The molecule has 0 unspecified atom stereocenters. The van der Waals surface area contributed by atoms with Crippen molar-refractivity contribution in [1.82, 2.24) is 0 Å². The number of hydrogen-bond acceptors (Lipinski definition) is 1. The largest absolute Gasteiger partial charge is 0.396 e. The normalized spacial score (nSPS) is 10.3. The first-order valence-corrected chi connectivity index (χ1v) is 3.78. The Morgan fingerprint density at radius 1 is 1.33 bits per heavy atom. The smallest absolute Gasteiger partial charge is 0.147 e. The van der Waals surface area contributed by atoms with Gasteiger partial charge in [-0.1, -0.05) is 11.6 Å². The van der Waals surface area contributed by atoms with Gasteiger partial charge in [0.05, 0.1) is 5.02 Å². The SMILES string of the molecule is OCCc1c(F)ccc(Cl)c1F. The van der Waals surface area contributed by atoms with E-state index < -0.39 is 11.6 Å². The van der Waals surface area contributed by atoms with E-state index in [0.29, 0.717) is 0 Å². The molecule has 0 aliphatic carbocycles. The van der Waals surface area contributed by atoms with Crippen LogP contribution in [0.2, 0.25) is 5.02 Å². The van der Waals surface area contributed by atoms with Crippen LogP contribution in [-0.2, 0) is 6.42 Å². The van der Waals surface area contributed by atoms with Crippen molar-refractivity contribution in [3.63, 3.8) is 0 Å². The number of rotatable bonds is 2. The monoisotopic (exact) mass is 192 g/mol. The number of hydrogen-bond donors (Lipinski definition) is 1. The van der Waals surface area contributed by atoms with E-state index in [9.17, 15) is 8.78 Å². The Labute approximate surface area is 73.6 Å². The molecule has 0 amide bonds. The Morgan fingerprint density at radius 3 is 2.58 bits per heavy atom. The van der Waals surface area contributed by atoms with Crippen LogP contribution < -0.4 is 0 Å². The number of benzene rings is 1. The van der Waals surface area contributed by atoms with Crippen molar-refractivity contribution in [2.75, 3.05) is 6.61 Å². The maximum absolute atomic E-state index is 13.0. The number of aliphatic hydroxyl groups is 1. The second kappa shape index (κ2) is 3.83. The summed E-state index contributed by atoms with van der Waals surface area (Å²) >= 11 is 5.40. The van der Waals surface area contributed by atoms with Crippen molar-refractivity contribution in [3.8, 4) is 0 Å². The Hall–Kier alpha value is -0.670. The minimum Gasteiger partial charge on any atom is -0.396 e. The highest BCUT2D eigenvalue weighted by Crippen LogP contribution is 2.20. The summed E-state index contributed by atoms with van der Waals surface area (Å²) in [5.74, 6) is -1.46. The first-order chi connectivity index (χ1) is 5.66. The molecule has 12 heavy (non-hydrogen) atoms. The maximum Gasteiger partial charge on any atom is 0.147 e. The molecule has 66 valence electrons. The molecule has 0 aliphatic rings. The van der Waals surface area contributed by atoms with Crippen molar-refractivity contribution < 1.29 is 13.9 Å². The molecule has 1 nitrogen and oxygen atoms in total. The summed E-state index contributed by atoms with van der Waals surface area (Å²) in [4.78, 5) is 0. The Bertz CT molecular complexity index is 289. The van der Waals surface area contributed by atoms with Gasteiger partial charge in [0.25, 0.3) is 0 Å². The maximum atomic E-state index is 13.0. The summed E-state index contributed by atoms with van der Waals surface area (Å²) in [6.07, 6.45) is -0.0573. The quantitative estimate of drug-likeness (QED) is 0.712. The van der Waals surface area contributed by atoms with Gasteiger partial charge in [-0.2, -0.15) is 0 Å². The first kappa shape index (κ1) is 9.42. The van der Waals surface area contributed by atoms with Crippen LogP contribution in [0.15, 0.2) is 12.1 Å². The molecule has 1 aromatic carbocycles. The zero-order chi connectivity index (χ0) is 9.14. The lowest BCUT2D eigenvalue weighted by Gasteiger charge is -2.03. The van der Waals surface area contributed by atoms with E-state index >= 15 is 0 Å². The van der Waals surface area contributed by atoms with Gasteiger partial charge in [0.15, 0.2) is 0 Å². The highest BCUT2D eigenvalue weighted by molar-refractivity contribution is 6.30. The van der Waals surface area contributed by atoms with Crippen LogP contribution in [0, 0.1) is 11.6 Å². The molecule has 4 heteroatoms. The summed E-state index contributed by atoms with van der Waals surface area (Å²) in [5, 5.41) is 8.36. The van der Waals surface area contributed by atoms with Gasteiger partial charge >= 0.3 is 0 Å². The van der Waals surface area contributed by atoms with E-state index in [1.165, 1.54) is 0 Å². The first-order valence-electron chi connectivity index (χ1n) is 3.40. The lowest BCUT2D eigenvalue weighted by Crippen LogP contribution is -1.99. The van der Waals surface area contributed by atoms with E-state index in [1.54, 1.807) is 0 Å². The van der Waals surface area contributed by atoms with E-state index in [2.05, 4.69) is 0 Å². The fraction of sp³-hybridized carbons (Fsp3) is 0.250. The molecule has 0 spiro atoms. The van der Waals surface area contributed by atoms with E-state index in [4.69, 9.17) is 16.7 Å². The van der Waals surface area contributed by atoms with Gasteiger partial charge in [0, 0.05) is 18.6 Å². The highest BCUT2D eigenvalue weighted by Gasteiger charge is 2.11. The van der Waals surface area contributed by atoms with Crippen molar-refractivity contribution in [2.45, 2.75) is 6.42 Å².